The average molecular weight is 410 g/mol. The maximum absolute atomic E-state index is 13.3. The first-order chi connectivity index (χ1) is 14.4. The molecule has 0 unspecified atom stereocenters. The van der Waals surface area contributed by atoms with Crippen molar-refractivity contribution >= 4 is 11.9 Å². The van der Waals surface area contributed by atoms with Crippen molar-refractivity contribution in [2.75, 3.05) is 13.7 Å². The fourth-order valence-corrected chi connectivity index (χ4v) is 3.33. The van der Waals surface area contributed by atoms with Gasteiger partial charge in [0.15, 0.2) is 0 Å². The molecule has 0 saturated carbocycles. The van der Waals surface area contributed by atoms with Crippen LogP contribution >= 0.6 is 0 Å². The first kappa shape index (κ1) is 21.2. The van der Waals surface area contributed by atoms with Crippen LogP contribution in [0.2, 0.25) is 0 Å². The van der Waals surface area contributed by atoms with Gasteiger partial charge in [0.05, 0.1) is 26.5 Å². The Bertz CT molecular complexity index is 1000. The Kier molecular flexibility index (Phi) is 6.61. The number of amides is 1. The van der Waals surface area contributed by atoms with Crippen LogP contribution in [0.1, 0.15) is 50.4 Å². The van der Waals surface area contributed by atoms with Crippen LogP contribution in [0.4, 0.5) is 0 Å². The van der Waals surface area contributed by atoms with Crippen molar-refractivity contribution in [3.05, 3.63) is 76.5 Å². The third-order valence-corrected chi connectivity index (χ3v) is 4.97. The van der Waals surface area contributed by atoms with Crippen LogP contribution in [0.3, 0.4) is 0 Å². The normalized spacial score (nSPS) is 10.7. The molecule has 1 aromatic carbocycles. The number of rotatable bonds is 8. The third kappa shape index (κ3) is 4.56. The van der Waals surface area contributed by atoms with Crippen LogP contribution in [0, 0.1) is 13.8 Å². The Morgan fingerprint density at radius 1 is 1.10 bits per heavy atom. The predicted molar refractivity (Wildman–Crippen MR) is 112 cm³/mol. The zero-order valence-electron chi connectivity index (χ0n) is 17.7. The predicted octanol–water partition coefficient (Wildman–Crippen LogP) is 4.25. The molecule has 0 spiro atoms. The highest BCUT2D eigenvalue weighted by Crippen LogP contribution is 2.23. The van der Waals surface area contributed by atoms with Crippen LogP contribution in [0.5, 0.6) is 5.75 Å². The number of methoxy groups -OCH3 is 1. The monoisotopic (exact) mass is 410 g/mol. The van der Waals surface area contributed by atoms with E-state index in [1.165, 1.54) is 0 Å². The maximum atomic E-state index is 13.3. The van der Waals surface area contributed by atoms with E-state index in [0.29, 0.717) is 42.5 Å². The Labute approximate surface area is 175 Å². The Hall–Kier alpha value is -3.48. The highest BCUT2D eigenvalue weighted by molar-refractivity contribution is 5.94. The molecule has 2 aromatic heterocycles. The lowest BCUT2D eigenvalue weighted by atomic mass is 10.1. The molecule has 7 heteroatoms. The summed E-state index contributed by atoms with van der Waals surface area (Å²) in [7, 11) is 1.58. The zero-order valence-corrected chi connectivity index (χ0v) is 17.7. The third-order valence-electron chi connectivity index (χ3n) is 4.97. The van der Waals surface area contributed by atoms with Crippen LogP contribution in [0.25, 0.3) is 0 Å². The molecule has 0 radical (unpaired) electrons. The van der Waals surface area contributed by atoms with E-state index in [0.717, 1.165) is 16.8 Å². The summed E-state index contributed by atoms with van der Waals surface area (Å²) < 4.78 is 15.8. The topological polar surface area (TPSA) is 84.8 Å². The number of ether oxygens (including phenoxy) is 2. The minimum atomic E-state index is -0.400. The molecule has 3 aromatic rings. The van der Waals surface area contributed by atoms with Gasteiger partial charge in [-0.05, 0) is 68.3 Å². The minimum Gasteiger partial charge on any atom is -0.497 e. The standard InChI is InChI=1S/C23H26N2O5/c1-5-29-23(27)21-15(2)20(16(3)24-21)14-25(13-19-7-6-12-30-19)22(26)17-8-10-18(28-4)11-9-17/h6-12,24H,5,13-14H2,1-4H3. The molecule has 0 aliphatic heterocycles. The molecule has 1 amide bonds. The maximum Gasteiger partial charge on any atom is 0.355 e. The van der Waals surface area contributed by atoms with E-state index >= 15 is 0 Å². The number of carbonyl (C=O) groups is 2. The Balaban J connectivity index is 1.91. The van der Waals surface area contributed by atoms with Crippen molar-refractivity contribution in [2.45, 2.75) is 33.9 Å². The summed E-state index contributed by atoms with van der Waals surface area (Å²) in [5, 5.41) is 0. The van der Waals surface area contributed by atoms with Gasteiger partial charge >= 0.3 is 5.97 Å². The molecule has 0 fully saturated rings. The molecule has 158 valence electrons. The van der Waals surface area contributed by atoms with Gasteiger partial charge in [0, 0.05) is 17.8 Å². The molecular formula is C23H26N2O5. The summed E-state index contributed by atoms with van der Waals surface area (Å²) >= 11 is 0. The van der Waals surface area contributed by atoms with E-state index in [1.807, 2.05) is 19.9 Å². The molecule has 0 atom stereocenters. The first-order valence-corrected chi connectivity index (χ1v) is 9.75. The molecule has 0 bridgehead atoms. The number of esters is 1. The Morgan fingerprint density at radius 2 is 1.83 bits per heavy atom. The number of hydrogen-bond donors (Lipinski definition) is 1. The molecular weight excluding hydrogens is 384 g/mol. The molecule has 0 aliphatic rings. The highest BCUT2D eigenvalue weighted by Gasteiger charge is 2.23. The molecule has 7 nitrogen and oxygen atoms in total. The van der Waals surface area contributed by atoms with E-state index in [1.54, 1.807) is 55.5 Å². The van der Waals surface area contributed by atoms with Crippen LogP contribution in [-0.4, -0.2) is 35.5 Å². The number of furan rings is 1. The summed E-state index contributed by atoms with van der Waals surface area (Å²) in [4.78, 5) is 30.3. The molecule has 2 heterocycles. The van der Waals surface area contributed by atoms with E-state index in [9.17, 15) is 9.59 Å². The first-order valence-electron chi connectivity index (χ1n) is 9.75. The number of nitrogens with zero attached hydrogens (tertiary/aromatic N) is 1. The Morgan fingerprint density at radius 3 is 2.43 bits per heavy atom. The van der Waals surface area contributed by atoms with Gasteiger partial charge in [-0.15, -0.1) is 0 Å². The lowest BCUT2D eigenvalue weighted by Crippen LogP contribution is -2.30. The molecule has 1 N–H and O–H groups in total. The van der Waals surface area contributed by atoms with Gasteiger partial charge in [-0.25, -0.2) is 4.79 Å². The van der Waals surface area contributed by atoms with Gasteiger partial charge in [-0.3, -0.25) is 4.79 Å². The quantitative estimate of drug-likeness (QED) is 0.561. The van der Waals surface area contributed by atoms with Gasteiger partial charge < -0.3 is 23.8 Å². The lowest BCUT2D eigenvalue weighted by molar-refractivity contribution is 0.0519. The van der Waals surface area contributed by atoms with Crippen molar-refractivity contribution < 1.29 is 23.5 Å². The highest BCUT2D eigenvalue weighted by atomic mass is 16.5. The van der Waals surface area contributed by atoms with Gasteiger partial charge in [-0.2, -0.15) is 0 Å². The fourth-order valence-electron chi connectivity index (χ4n) is 3.33. The second-order valence-electron chi connectivity index (χ2n) is 6.92. The number of aryl methyl sites for hydroxylation is 1. The summed E-state index contributed by atoms with van der Waals surface area (Å²) in [6, 6.07) is 10.6. The van der Waals surface area contributed by atoms with Gasteiger partial charge in [0.1, 0.15) is 17.2 Å². The number of aromatic nitrogens is 1. The van der Waals surface area contributed by atoms with Crippen molar-refractivity contribution in [2.24, 2.45) is 0 Å². The van der Waals surface area contributed by atoms with Crippen molar-refractivity contribution in [3.63, 3.8) is 0 Å². The summed E-state index contributed by atoms with van der Waals surface area (Å²) in [5.74, 6) is 0.809. The van der Waals surface area contributed by atoms with E-state index < -0.39 is 5.97 Å². The number of carbonyl (C=O) groups excluding carboxylic acids is 2. The van der Waals surface area contributed by atoms with Crippen LogP contribution in [0.15, 0.2) is 47.1 Å². The number of nitrogens with one attached hydrogen (secondary N) is 1. The summed E-state index contributed by atoms with van der Waals surface area (Å²) in [5.41, 5.74) is 3.44. The zero-order chi connectivity index (χ0) is 21.7. The fraction of sp³-hybridized carbons (Fsp3) is 0.304. The van der Waals surface area contributed by atoms with Crippen molar-refractivity contribution in [1.82, 2.24) is 9.88 Å². The van der Waals surface area contributed by atoms with Crippen molar-refractivity contribution in [1.29, 1.82) is 0 Å². The molecule has 3 rings (SSSR count). The summed E-state index contributed by atoms with van der Waals surface area (Å²) in [6.45, 7) is 6.42. The van der Waals surface area contributed by atoms with E-state index in [-0.39, 0.29) is 5.91 Å². The molecule has 30 heavy (non-hydrogen) atoms. The molecule has 0 aliphatic carbocycles. The summed E-state index contributed by atoms with van der Waals surface area (Å²) in [6.07, 6.45) is 1.58. The van der Waals surface area contributed by atoms with Gasteiger partial charge in [0.25, 0.3) is 5.91 Å². The largest absolute Gasteiger partial charge is 0.497 e. The van der Waals surface area contributed by atoms with Crippen LogP contribution in [-0.2, 0) is 17.8 Å². The second kappa shape index (κ2) is 9.35. The second-order valence-corrected chi connectivity index (χ2v) is 6.92. The number of aromatic amines is 1. The minimum absolute atomic E-state index is 0.147. The molecule has 0 saturated heterocycles. The number of hydrogen-bond acceptors (Lipinski definition) is 5. The average Bonchev–Trinajstić information content (AvgIpc) is 3.36. The number of H-pyrrole nitrogens is 1. The van der Waals surface area contributed by atoms with Gasteiger partial charge in [0.2, 0.25) is 0 Å². The lowest BCUT2D eigenvalue weighted by Gasteiger charge is -2.22. The van der Waals surface area contributed by atoms with E-state index in [4.69, 9.17) is 13.9 Å². The van der Waals surface area contributed by atoms with Gasteiger partial charge in [-0.1, -0.05) is 0 Å². The van der Waals surface area contributed by atoms with Crippen LogP contribution < -0.4 is 4.74 Å². The van der Waals surface area contributed by atoms with E-state index in [2.05, 4.69) is 4.98 Å². The number of benzene rings is 1. The SMILES string of the molecule is CCOC(=O)c1[nH]c(C)c(CN(Cc2ccco2)C(=O)c2ccc(OC)cc2)c1C. The smallest absolute Gasteiger partial charge is 0.355 e. The van der Waals surface area contributed by atoms with Crippen molar-refractivity contribution in [3.8, 4) is 5.75 Å².